The van der Waals surface area contributed by atoms with Gasteiger partial charge in [0, 0.05) is 42.3 Å². The van der Waals surface area contributed by atoms with Crippen LogP contribution >= 0.6 is 0 Å². The van der Waals surface area contributed by atoms with Gasteiger partial charge in [0.15, 0.2) is 5.65 Å². The van der Waals surface area contributed by atoms with E-state index in [4.69, 9.17) is 14.7 Å². The van der Waals surface area contributed by atoms with Crippen molar-refractivity contribution in [1.29, 1.82) is 0 Å². The lowest BCUT2D eigenvalue weighted by Crippen LogP contribution is -2.38. The van der Waals surface area contributed by atoms with E-state index in [9.17, 15) is 4.39 Å². The second-order valence-electron chi connectivity index (χ2n) is 8.88. The molecule has 5 rings (SSSR count). The van der Waals surface area contributed by atoms with Gasteiger partial charge in [0.25, 0.3) is 0 Å². The maximum atomic E-state index is 13.3. The minimum atomic E-state index is -0.215. The summed E-state index contributed by atoms with van der Waals surface area (Å²) in [6.45, 7) is 9.11. The fraction of sp³-hybridized carbons (Fsp3) is 0.346. The molecular weight excluding hydrogens is 417 g/mol. The molecule has 1 saturated heterocycles. The fourth-order valence-electron chi connectivity index (χ4n) is 4.57. The maximum Gasteiger partial charge on any atom is 0.159 e. The van der Waals surface area contributed by atoms with Crippen molar-refractivity contribution in [2.24, 2.45) is 0 Å². The lowest BCUT2D eigenvalue weighted by Gasteiger charge is -2.32. The summed E-state index contributed by atoms with van der Waals surface area (Å²) >= 11 is 0. The summed E-state index contributed by atoms with van der Waals surface area (Å²) in [5.41, 5.74) is 8.26. The Labute approximate surface area is 193 Å². The molecule has 33 heavy (non-hydrogen) atoms. The summed E-state index contributed by atoms with van der Waals surface area (Å²) in [6.07, 6.45) is 2.56. The average Bonchev–Trinajstić information content (AvgIpc) is 3.18. The first-order valence-electron chi connectivity index (χ1n) is 11.3. The molecule has 1 atom stereocenters. The van der Waals surface area contributed by atoms with Crippen LogP contribution in [-0.2, 0) is 17.7 Å². The van der Waals surface area contributed by atoms with Crippen molar-refractivity contribution in [2.45, 2.75) is 39.8 Å². The van der Waals surface area contributed by atoms with E-state index in [2.05, 4.69) is 29.1 Å². The van der Waals surface area contributed by atoms with E-state index < -0.39 is 0 Å². The molecule has 0 bridgehead atoms. The van der Waals surface area contributed by atoms with Crippen LogP contribution in [0.1, 0.15) is 45.6 Å². The van der Waals surface area contributed by atoms with Gasteiger partial charge in [0.05, 0.1) is 18.5 Å². The number of morpholine rings is 1. The standard InChI is InChI=1S/C26H28FN5O/c1-17-10-19(3)32-26(30-17)22(14-28-32)15-31-8-9-33-25(16-31)24-13-21(11-18(2)29-24)12-20-4-6-23(27)7-5-20/h4-7,10-11,13-14,25H,8-9,12,15-16H2,1-3H3/t25-/m0/s1. The van der Waals surface area contributed by atoms with E-state index >= 15 is 0 Å². The number of benzene rings is 1. The zero-order valence-corrected chi connectivity index (χ0v) is 19.3. The third kappa shape index (κ3) is 4.79. The highest BCUT2D eigenvalue weighted by Gasteiger charge is 2.25. The van der Waals surface area contributed by atoms with Crippen molar-refractivity contribution >= 4 is 5.65 Å². The molecule has 1 aliphatic rings. The largest absolute Gasteiger partial charge is 0.369 e. The molecule has 0 saturated carbocycles. The van der Waals surface area contributed by atoms with E-state index in [0.717, 1.165) is 71.2 Å². The smallest absolute Gasteiger partial charge is 0.159 e. The van der Waals surface area contributed by atoms with Crippen molar-refractivity contribution in [2.75, 3.05) is 19.7 Å². The van der Waals surface area contributed by atoms with Gasteiger partial charge in [-0.3, -0.25) is 9.88 Å². The van der Waals surface area contributed by atoms with Crippen LogP contribution in [0.5, 0.6) is 0 Å². The van der Waals surface area contributed by atoms with Crippen molar-refractivity contribution in [3.05, 3.63) is 93.9 Å². The Kier molecular flexibility index (Phi) is 5.91. The number of nitrogens with zero attached hydrogens (tertiary/aromatic N) is 5. The van der Waals surface area contributed by atoms with Gasteiger partial charge in [-0.05, 0) is 68.7 Å². The minimum absolute atomic E-state index is 0.0936. The molecule has 0 N–H and O–H groups in total. The zero-order valence-electron chi connectivity index (χ0n) is 19.3. The molecule has 7 heteroatoms. The Bertz CT molecular complexity index is 1280. The van der Waals surface area contributed by atoms with Crippen LogP contribution < -0.4 is 0 Å². The van der Waals surface area contributed by atoms with Crippen molar-refractivity contribution in [1.82, 2.24) is 24.5 Å². The van der Waals surface area contributed by atoms with Crippen LogP contribution in [0, 0.1) is 26.6 Å². The first kappa shape index (κ1) is 21.7. The van der Waals surface area contributed by atoms with E-state index in [0.29, 0.717) is 6.61 Å². The predicted octanol–water partition coefficient (Wildman–Crippen LogP) is 4.35. The van der Waals surface area contributed by atoms with Gasteiger partial charge < -0.3 is 4.74 Å². The second kappa shape index (κ2) is 9.00. The third-order valence-electron chi connectivity index (χ3n) is 6.08. The Balaban J connectivity index is 1.33. The molecule has 6 nitrogen and oxygen atoms in total. The number of aryl methyl sites for hydroxylation is 3. The highest BCUT2D eigenvalue weighted by Crippen LogP contribution is 2.25. The lowest BCUT2D eigenvalue weighted by atomic mass is 10.0. The Morgan fingerprint density at radius 1 is 1.00 bits per heavy atom. The number of hydrogen-bond donors (Lipinski definition) is 0. The molecule has 3 aromatic heterocycles. The van der Waals surface area contributed by atoms with E-state index in [-0.39, 0.29) is 11.9 Å². The summed E-state index contributed by atoms with van der Waals surface area (Å²) in [4.78, 5) is 11.9. The van der Waals surface area contributed by atoms with Gasteiger partial charge in [-0.2, -0.15) is 5.10 Å². The van der Waals surface area contributed by atoms with Gasteiger partial charge in [-0.25, -0.2) is 13.9 Å². The quantitative estimate of drug-likeness (QED) is 0.457. The van der Waals surface area contributed by atoms with Gasteiger partial charge in [0.1, 0.15) is 11.9 Å². The summed E-state index contributed by atoms with van der Waals surface area (Å²) in [7, 11) is 0. The van der Waals surface area contributed by atoms with Crippen LogP contribution in [0.2, 0.25) is 0 Å². The van der Waals surface area contributed by atoms with Crippen LogP contribution in [-0.4, -0.2) is 44.2 Å². The first-order valence-corrected chi connectivity index (χ1v) is 11.3. The molecule has 0 aliphatic carbocycles. The summed E-state index contributed by atoms with van der Waals surface area (Å²) in [6, 6.07) is 12.9. The Hall–Kier alpha value is -3.16. The Morgan fingerprint density at radius 3 is 2.61 bits per heavy atom. The fourth-order valence-corrected chi connectivity index (χ4v) is 4.57. The topological polar surface area (TPSA) is 55.6 Å². The monoisotopic (exact) mass is 445 g/mol. The molecule has 1 aliphatic heterocycles. The summed E-state index contributed by atoms with van der Waals surface area (Å²) < 4.78 is 21.3. The zero-order chi connectivity index (χ0) is 22.9. The molecule has 170 valence electrons. The van der Waals surface area contributed by atoms with Crippen LogP contribution in [0.25, 0.3) is 5.65 Å². The molecule has 4 aromatic rings. The number of rotatable bonds is 5. The van der Waals surface area contributed by atoms with Gasteiger partial charge in [0.2, 0.25) is 0 Å². The number of hydrogen-bond acceptors (Lipinski definition) is 5. The molecule has 1 fully saturated rings. The van der Waals surface area contributed by atoms with Crippen LogP contribution in [0.3, 0.4) is 0 Å². The third-order valence-corrected chi connectivity index (χ3v) is 6.08. The highest BCUT2D eigenvalue weighted by atomic mass is 19.1. The van der Waals surface area contributed by atoms with E-state index in [1.165, 1.54) is 12.1 Å². The molecular formula is C26H28FN5O. The van der Waals surface area contributed by atoms with E-state index in [1.807, 2.05) is 42.8 Å². The van der Waals surface area contributed by atoms with Crippen molar-refractivity contribution in [3.63, 3.8) is 0 Å². The average molecular weight is 446 g/mol. The van der Waals surface area contributed by atoms with Crippen molar-refractivity contribution in [3.8, 4) is 0 Å². The number of ether oxygens (including phenoxy) is 1. The minimum Gasteiger partial charge on any atom is -0.369 e. The SMILES string of the molecule is Cc1cc(Cc2ccc(F)cc2)cc([C@@H]2CN(Cc3cnn4c(C)cc(C)nc34)CCO2)n1. The molecule has 0 radical (unpaired) electrons. The molecule has 1 aromatic carbocycles. The predicted molar refractivity (Wildman–Crippen MR) is 125 cm³/mol. The number of pyridine rings is 1. The molecule has 4 heterocycles. The summed E-state index contributed by atoms with van der Waals surface area (Å²) in [5.74, 6) is -0.215. The van der Waals surface area contributed by atoms with Gasteiger partial charge in [-0.15, -0.1) is 0 Å². The highest BCUT2D eigenvalue weighted by molar-refractivity contribution is 5.48. The molecule has 0 amide bonds. The second-order valence-corrected chi connectivity index (χ2v) is 8.88. The number of aromatic nitrogens is 4. The Morgan fingerprint density at radius 2 is 1.79 bits per heavy atom. The van der Waals surface area contributed by atoms with Crippen molar-refractivity contribution < 1.29 is 9.13 Å². The molecule has 0 spiro atoms. The van der Waals surface area contributed by atoms with Crippen LogP contribution in [0.4, 0.5) is 4.39 Å². The number of halogens is 1. The normalized spacial score (nSPS) is 17.0. The van der Waals surface area contributed by atoms with Crippen LogP contribution in [0.15, 0.2) is 48.7 Å². The van der Waals surface area contributed by atoms with E-state index in [1.54, 1.807) is 0 Å². The lowest BCUT2D eigenvalue weighted by molar-refractivity contribution is -0.0349. The van der Waals surface area contributed by atoms with Gasteiger partial charge in [-0.1, -0.05) is 12.1 Å². The number of fused-ring (bicyclic) bond motifs is 1. The molecule has 0 unspecified atom stereocenters. The summed E-state index contributed by atoms with van der Waals surface area (Å²) in [5, 5.41) is 4.53. The maximum absolute atomic E-state index is 13.3. The first-order chi connectivity index (χ1) is 15.9. The van der Waals surface area contributed by atoms with Gasteiger partial charge >= 0.3 is 0 Å².